The number of nitrogens with two attached hydrogens (primary N) is 1. The number of aliphatic hydroxyl groups is 1. The van der Waals surface area contributed by atoms with Crippen LogP contribution in [-0.2, 0) is 25.6 Å². The number of carbonyl (C=O) groups excluding carboxylic acids is 6. The smallest absolute Gasteiger partial charge is 0.235 e. The molecule has 2 fully saturated rings. The van der Waals surface area contributed by atoms with Crippen molar-refractivity contribution in [3.63, 3.8) is 0 Å². The minimum absolute atomic E-state index is 0.0503. The number of amides is 1. The van der Waals surface area contributed by atoms with Gasteiger partial charge in [-0.1, -0.05) is 0 Å². The first kappa shape index (κ1) is 25.8. The Morgan fingerprint density at radius 3 is 2.28 bits per heavy atom. The van der Waals surface area contributed by atoms with Crippen molar-refractivity contribution in [2.75, 3.05) is 34.7 Å². The van der Waals surface area contributed by atoms with Gasteiger partial charge in [0.15, 0.2) is 40.4 Å². The average molecular weight is 500 g/mol. The molecule has 3 aliphatic carbocycles. The molecule has 1 aromatic carbocycles. The molecule has 0 aromatic heterocycles. The third-order valence-electron chi connectivity index (χ3n) is 7.71. The molecule has 192 valence electrons. The van der Waals surface area contributed by atoms with Crippen LogP contribution in [0.25, 0.3) is 0 Å². The number of hydrogen-bond acceptors (Lipinski definition) is 10. The molecule has 6 atom stereocenters. The molecular weight excluding hydrogens is 470 g/mol. The molecule has 0 bridgehead atoms. The van der Waals surface area contributed by atoms with Gasteiger partial charge in [-0.25, -0.2) is 0 Å². The fourth-order valence-electron chi connectivity index (χ4n) is 6.24. The predicted molar refractivity (Wildman–Crippen MR) is 124 cm³/mol. The molecule has 0 saturated heterocycles. The fraction of sp³-hybridized carbons (Fsp3) is 0.520. The van der Waals surface area contributed by atoms with Crippen LogP contribution in [0.3, 0.4) is 0 Å². The van der Waals surface area contributed by atoms with E-state index in [9.17, 15) is 39.0 Å². The van der Waals surface area contributed by atoms with Gasteiger partial charge in [-0.2, -0.15) is 0 Å². The highest BCUT2D eigenvalue weighted by Gasteiger charge is 2.69. The number of phenolic OH excluding ortho intramolecular Hbond substituents is 1. The van der Waals surface area contributed by atoms with Crippen LogP contribution in [0.15, 0.2) is 12.1 Å². The van der Waals surface area contributed by atoms with E-state index in [0.717, 1.165) is 0 Å². The second kappa shape index (κ2) is 8.68. The van der Waals surface area contributed by atoms with Gasteiger partial charge in [-0.15, -0.1) is 0 Å². The number of carbonyl (C=O) groups is 6. The van der Waals surface area contributed by atoms with Gasteiger partial charge in [0, 0.05) is 11.5 Å². The monoisotopic (exact) mass is 499 g/mol. The lowest BCUT2D eigenvalue weighted by Gasteiger charge is -2.52. The minimum Gasteiger partial charge on any atom is -0.507 e. The molecule has 11 heteroatoms. The number of hydrogen-bond donors (Lipinski definition) is 3. The van der Waals surface area contributed by atoms with E-state index >= 15 is 0 Å². The molecule has 11 nitrogen and oxygen atoms in total. The summed E-state index contributed by atoms with van der Waals surface area (Å²) in [5.74, 6) is -11.5. The van der Waals surface area contributed by atoms with Crippen LogP contribution in [0.5, 0.6) is 5.75 Å². The van der Waals surface area contributed by atoms with Gasteiger partial charge in [-0.05, 0) is 64.6 Å². The number of phenols is 1. The van der Waals surface area contributed by atoms with E-state index in [0.29, 0.717) is 5.56 Å². The number of primary amides is 1. The van der Waals surface area contributed by atoms with E-state index in [-0.39, 0.29) is 36.3 Å². The first-order valence-corrected chi connectivity index (χ1v) is 11.6. The van der Waals surface area contributed by atoms with Crippen molar-refractivity contribution in [1.29, 1.82) is 0 Å². The number of likely N-dealkylation sites (N-methyl/N-ethyl adjacent to an activating group) is 2. The quantitative estimate of drug-likeness (QED) is 0.323. The molecule has 2 saturated carbocycles. The third kappa shape index (κ3) is 3.53. The van der Waals surface area contributed by atoms with E-state index in [1.807, 2.05) is 0 Å². The lowest BCUT2D eigenvalue weighted by atomic mass is 9.52. The summed E-state index contributed by atoms with van der Waals surface area (Å²) >= 11 is 0. The fourth-order valence-corrected chi connectivity index (χ4v) is 6.24. The Morgan fingerprint density at radius 2 is 1.72 bits per heavy atom. The molecule has 0 spiro atoms. The summed E-state index contributed by atoms with van der Waals surface area (Å²) in [4.78, 5) is 81.7. The summed E-state index contributed by atoms with van der Waals surface area (Å²) in [6.45, 7) is 0.0566. The van der Waals surface area contributed by atoms with Crippen molar-refractivity contribution in [3.05, 3.63) is 28.8 Å². The van der Waals surface area contributed by atoms with Crippen LogP contribution < -0.4 is 5.73 Å². The van der Waals surface area contributed by atoms with Gasteiger partial charge in [0.1, 0.15) is 5.75 Å². The molecule has 4 N–H and O–H groups in total. The molecule has 4 rings (SSSR count). The van der Waals surface area contributed by atoms with E-state index in [1.54, 1.807) is 19.0 Å². The largest absolute Gasteiger partial charge is 0.507 e. The minimum atomic E-state index is -2.77. The highest BCUT2D eigenvalue weighted by atomic mass is 16.3. The zero-order valence-electron chi connectivity index (χ0n) is 20.5. The number of ketones is 5. The van der Waals surface area contributed by atoms with Crippen molar-refractivity contribution in [1.82, 2.24) is 9.80 Å². The van der Waals surface area contributed by atoms with Crippen LogP contribution >= 0.6 is 0 Å². The summed E-state index contributed by atoms with van der Waals surface area (Å²) in [6.07, 6.45) is -0.0183. The summed E-state index contributed by atoms with van der Waals surface area (Å²) in [5.41, 5.74) is 2.88. The normalized spacial score (nSPS) is 31.8. The Morgan fingerprint density at radius 1 is 1.08 bits per heavy atom. The van der Waals surface area contributed by atoms with E-state index < -0.39 is 70.1 Å². The van der Waals surface area contributed by atoms with Crippen LogP contribution in [0.4, 0.5) is 0 Å². The number of Topliss-reactive ketones (excluding diaryl/α,β-unsaturated/α-hetero) is 5. The third-order valence-corrected chi connectivity index (χ3v) is 7.71. The molecular formula is C25H29N3O8. The van der Waals surface area contributed by atoms with Crippen LogP contribution in [0, 0.1) is 23.7 Å². The Bertz CT molecular complexity index is 1220. The number of nitrogens with zero attached hydrogens (tertiary/aromatic N) is 2. The summed E-state index contributed by atoms with van der Waals surface area (Å²) in [6, 6.07) is 1.47. The van der Waals surface area contributed by atoms with Crippen molar-refractivity contribution in [3.8, 4) is 5.75 Å². The van der Waals surface area contributed by atoms with Crippen molar-refractivity contribution >= 4 is 34.8 Å². The van der Waals surface area contributed by atoms with Gasteiger partial charge >= 0.3 is 0 Å². The van der Waals surface area contributed by atoms with Crippen molar-refractivity contribution in [2.24, 2.45) is 29.4 Å². The summed E-state index contributed by atoms with van der Waals surface area (Å²) in [5, 5.41) is 22.0. The average Bonchev–Trinajstić information content (AvgIpc) is 2.75. The zero-order valence-corrected chi connectivity index (χ0v) is 20.5. The standard InChI is InChI=1S/C25H29N3O8/c1-27(2)9-15(30)11-5-6-14(29)17-12(11)7-10-8-13-19(28(3)4)21(32)18(24(26)35)23(34)25(13,36)22(33)16(10)20(17)31/h5-6,10,13,16,18-19,29,36H,7-9H2,1-4H3,(H2,26,35)/t10?,13?,16?,18?,19-,25?/m0/s1. The van der Waals surface area contributed by atoms with Crippen molar-refractivity contribution < 1.29 is 39.0 Å². The lowest BCUT2D eigenvalue weighted by Crippen LogP contribution is -2.74. The first-order valence-electron chi connectivity index (χ1n) is 11.6. The van der Waals surface area contributed by atoms with Gasteiger partial charge in [0.25, 0.3) is 0 Å². The Balaban J connectivity index is 1.86. The Labute approximate surface area is 207 Å². The molecule has 1 amide bonds. The second-order valence-electron chi connectivity index (χ2n) is 10.4. The zero-order chi connectivity index (χ0) is 26.9. The number of fused-ring (bicyclic) bond motifs is 3. The number of aromatic hydroxyl groups is 1. The highest BCUT2D eigenvalue weighted by Crippen LogP contribution is 2.51. The summed E-state index contributed by atoms with van der Waals surface area (Å²) in [7, 11) is 6.46. The summed E-state index contributed by atoms with van der Waals surface area (Å²) < 4.78 is 0. The molecule has 0 radical (unpaired) electrons. The van der Waals surface area contributed by atoms with E-state index in [2.05, 4.69) is 0 Å². The van der Waals surface area contributed by atoms with E-state index in [4.69, 9.17) is 5.73 Å². The number of benzene rings is 1. The van der Waals surface area contributed by atoms with Gasteiger partial charge in [-0.3, -0.25) is 33.7 Å². The van der Waals surface area contributed by atoms with Crippen LogP contribution in [0.2, 0.25) is 0 Å². The van der Waals surface area contributed by atoms with Gasteiger partial charge < -0.3 is 20.8 Å². The Hall–Kier alpha value is -3.28. The molecule has 5 unspecified atom stereocenters. The van der Waals surface area contributed by atoms with Gasteiger partial charge in [0.2, 0.25) is 5.91 Å². The predicted octanol–water partition coefficient (Wildman–Crippen LogP) is -1.39. The van der Waals surface area contributed by atoms with Crippen LogP contribution in [0.1, 0.15) is 32.7 Å². The number of rotatable bonds is 5. The maximum Gasteiger partial charge on any atom is 0.235 e. The maximum absolute atomic E-state index is 13.7. The van der Waals surface area contributed by atoms with Crippen LogP contribution in [-0.4, -0.2) is 101 Å². The second-order valence-corrected chi connectivity index (χ2v) is 10.4. The molecule has 36 heavy (non-hydrogen) atoms. The molecule has 1 aromatic rings. The molecule has 3 aliphatic rings. The Kier molecular flexibility index (Phi) is 6.22. The molecule has 0 aliphatic heterocycles. The van der Waals surface area contributed by atoms with Gasteiger partial charge in [0.05, 0.1) is 24.1 Å². The maximum atomic E-state index is 13.7. The lowest BCUT2D eigenvalue weighted by molar-refractivity contribution is -0.181. The SMILES string of the molecule is CN(C)CC(=O)c1ccc(O)c2c1CC1CC3[C@H](N(C)C)C(=O)C(C(N)=O)C(=O)C3(O)C(=O)C1C2=O. The topological polar surface area (TPSA) is 175 Å². The van der Waals surface area contributed by atoms with Crippen molar-refractivity contribution in [2.45, 2.75) is 24.5 Å². The van der Waals surface area contributed by atoms with E-state index in [1.165, 1.54) is 31.1 Å². The first-order chi connectivity index (χ1) is 16.7. The molecule has 0 heterocycles. The highest BCUT2D eigenvalue weighted by molar-refractivity contribution is 6.32.